The number of fused-ring (bicyclic) bond motifs is 10. The van der Waals surface area contributed by atoms with Crippen molar-refractivity contribution in [3.8, 4) is 0 Å². The third-order valence-electron chi connectivity index (χ3n) is 9.77. The number of rotatable bonds is 2. The van der Waals surface area contributed by atoms with E-state index in [4.69, 9.17) is 0 Å². The fourth-order valence-electron chi connectivity index (χ4n) is 9.11. The molecule has 0 aromatic carbocycles. The van der Waals surface area contributed by atoms with Gasteiger partial charge in [0.2, 0.25) is 0 Å². The minimum atomic E-state index is 0.176. The maximum atomic E-state index is 13.2. The van der Waals surface area contributed by atoms with Crippen molar-refractivity contribution >= 4 is 6.03 Å². The lowest BCUT2D eigenvalue weighted by Crippen LogP contribution is -2.63. The Hall–Kier alpha value is -0.730. The summed E-state index contributed by atoms with van der Waals surface area (Å²) >= 11 is 0. The predicted molar refractivity (Wildman–Crippen MR) is 93.5 cm³/mol. The van der Waals surface area contributed by atoms with Crippen LogP contribution in [-0.2, 0) is 0 Å². The first kappa shape index (κ1) is 14.4. The fraction of sp³-hybridized carbons (Fsp3) is 0.952. The summed E-state index contributed by atoms with van der Waals surface area (Å²) in [6, 6.07) is 0.203. The second-order valence-corrected chi connectivity index (χ2v) is 10.2. The fourth-order valence-corrected chi connectivity index (χ4v) is 9.11. The molecule has 0 aromatic rings. The summed E-state index contributed by atoms with van der Waals surface area (Å²) in [5.74, 6) is 4.96. The summed E-state index contributed by atoms with van der Waals surface area (Å²) in [6.07, 6.45) is 16.2. The maximum absolute atomic E-state index is 13.2. The minimum absolute atomic E-state index is 0.176. The van der Waals surface area contributed by atoms with Crippen LogP contribution in [0.4, 0.5) is 4.79 Å². The number of hydrogen-bond donors (Lipinski definition) is 2. The zero-order valence-corrected chi connectivity index (χ0v) is 14.9. The van der Waals surface area contributed by atoms with Crippen LogP contribution in [0.1, 0.15) is 77.0 Å². The molecule has 132 valence electrons. The molecule has 6 aliphatic rings. The van der Waals surface area contributed by atoms with Gasteiger partial charge in [-0.15, -0.1) is 0 Å². The van der Waals surface area contributed by atoms with E-state index in [1.54, 1.807) is 0 Å². The number of urea groups is 1. The van der Waals surface area contributed by atoms with Gasteiger partial charge in [0, 0.05) is 11.1 Å². The highest BCUT2D eigenvalue weighted by atomic mass is 16.2. The van der Waals surface area contributed by atoms with Crippen molar-refractivity contribution in [1.29, 1.82) is 0 Å². The molecule has 0 heterocycles. The second kappa shape index (κ2) is 4.71. The molecular weight excluding hydrogens is 296 g/mol. The van der Waals surface area contributed by atoms with Gasteiger partial charge in [-0.2, -0.15) is 0 Å². The number of carbonyl (C=O) groups excluding carboxylic acids is 1. The molecule has 3 heteroatoms. The number of amides is 2. The summed E-state index contributed by atoms with van der Waals surface area (Å²) < 4.78 is 0. The normalized spacial score (nSPS) is 56.5. The molecule has 0 saturated heterocycles. The van der Waals surface area contributed by atoms with Crippen LogP contribution in [-0.4, -0.2) is 17.1 Å². The van der Waals surface area contributed by atoms with E-state index in [0.29, 0.717) is 0 Å². The van der Waals surface area contributed by atoms with Gasteiger partial charge >= 0.3 is 6.03 Å². The molecule has 0 unspecified atom stereocenters. The van der Waals surface area contributed by atoms with Gasteiger partial charge in [0.05, 0.1) is 0 Å². The third kappa shape index (κ3) is 1.63. The number of carbonyl (C=O) groups is 1. The van der Waals surface area contributed by atoms with Gasteiger partial charge in [0.1, 0.15) is 0 Å². The van der Waals surface area contributed by atoms with Crippen molar-refractivity contribution in [2.45, 2.75) is 88.1 Å². The van der Waals surface area contributed by atoms with E-state index >= 15 is 0 Å². The van der Waals surface area contributed by atoms with E-state index in [1.165, 1.54) is 77.0 Å². The highest BCUT2D eigenvalue weighted by molar-refractivity contribution is 5.76. The number of hydrogen-bond acceptors (Lipinski definition) is 1. The summed E-state index contributed by atoms with van der Waals surface area (Å²) in [4.78, 5) is 13.2. The first-order valence-corrected chi connectivity index (χ1v) is 10.8. The van der Waals surface area contributed by atoms with E-state index in [2.05, 4.69) is 10.6 Å². The van der Waals surface area contributed by atoms with Crippen LogP contribution in [0.15, 0.2) is 0 Å². The largest absolute Gasteiger partial charge is 0.332 e. The molecule has 4 bridgehead atoms. The van der Waals surface area contributed by atoms with Crippen LogP contribution < -0.4 is 10.6 Å². The van der Waals surface area contributed by atoms with E-state index < -0.39 is 0 Å². The van der Waals surface area contributed by atoms with Crippen LogP contribution in [0.2, 0.25) is 0 Å². The lowest BCUT2D eigenvalue weighted by molar-refractivity contribution is 0.131. The van der Waals surface area contributed by atoms with Crippen molar-refractivity contribution < 1.29 is 4.79 Å². The molecule has 2 amide bonds. The van der Waals surface area contributed by atoms with Crippen LogP contribution in [0, 0.1) is 35.5 Å². The summed E-state index contributed by atoms with van der Waals surface area (Å²) in [5, 5.41) is 7.26. The van der Waals surface area contributed by atoms with E-state index in [-0.39, 0.29) is 17.1 Å². The van der Waals surface area contributed by atoms with Crippen LogP contribution in [0.25, 0.3) is 0 Å². The van der Waals surface area contributed by atoms with E-state index in [1.807, 2.05) is 0 Å². The van der Waals surface area contributed by atoms with Crippen LogP contribution in [0.3, 0.4) is 0 Å². The van der Waals surface area contributed by atoms with Crippen LogP contribution >= 0.6 is 0 Å². The van der Waals surface area contributed by atoms with Crippen molar-refractivity contribution in [3.63, 3.8) is 0 Å². The Kier molecular flexibility index (Phi) is 2.83. The Morgan fingerprint density at radius 1 is 0.708 bits per heavy atom. The molecule has 6 saturated carbocycles. The summed E-state index contributed by atoms with van der Waals surface area (Å²) in [5.41, 5.74) is 0.352. The SMILES string of the molecule is O=C(N[C@@]12CCC[C@@H]1[C@H]1CC[C@@H]2C1)N[C@@]12CCC[C@@H]1[C@H]1CC[C@@H]2C1. The molecule has 6 fully saturated rings. The van der Waals surface area contributed by atoms with Gasteiger partial charge in [0.15, 0.2) is 0 Å². The minimum Gasteiger partial charge on any atom is -0.332 e. The summed E-state index contributed by atoms with van der Waals surface area (Å²) in [7, 11) is 0. The van der Waals surface area contributed by atoms with Gasteiger partial charge in [-0.25, -0.2) is 4.79 Å². The summed E-state index contributed by atoms with van der Waals surface area (Å²) in [6.45, 7) is 0. The average Bonchev–Trinajstić information content (AvgIpc) is 3.34. The monoisotopic (exact) mass is 328 g/mol. The Balaban J connectivity index is 1.23. The Morgan fingerprint density at radius 2 is 1.21 bits per heavy atom. The molecule has 8 atom stereocenters. The number of nitrogens with one attached hydrogen (secondary N) is 2. The van der Waals surface area contributed by atoms with E-state index in [0.717, 1.165) is 35.5 Å². The van der Waals surface area contributed by atoms with E-state index in [9.17, 15) is 4.79 Å². The predicted octanol–water partition coefficient (Wildman–Crippen LogP) is 4.22. The molecule has 0 aliphatic heterocycles. The van der Waals surface area contributed by atoms with Crippen LogP contribution in [0.5, 0.6) is 0 Å². The first-order chi connectivity index (χ1) is 11.7. The molecule has 2 N–H and O–H groups in total. The zero-order valence-electron chi connectivity index (χ0n) is 14.9. The van der Waals surface area contributed by atoms with Crippen molar-refractivity contribution in [2.24, 2.45) is 35.5 Å². The molecule has 6 aliphatic carbocycles. The van der Waals surface area contributed by atoms with Crippen molar-refractivity contribution in [2.75, 3.05) is 0 Å². The Morgan fingerprint density at radius 3 is 1.71 bits per heavy atom. The highest BCUT2D eigenvalue weighted by Crippen LogP contribution is 2.62. The van der Waals surface area contributed by atoms with Gasteiger partial charge in [0.25, 0.3) is 0 Å². The third-order valence-corrected chi connectivity index (χ3v) is 9.77. The quantitative estimate of drug-likeness (QED) is 0.783. The zero-order chi connectivity index (χ0) is 15.9. The van der Waals surface area contributed by atoms with Gasteiger partial charge in [-0.3, -0.25) is 0 Å². The van der Waals surface area contributed by atoms with Gasteiger partial charge < -0.3 is 10.6 Å². The second-order valence-electron chi connectivity index (χ2n) is 10.2. The maximum Gasteiger partial charge on any atom is 0.315 e. The van der Waals surface area contributed by atoms with Crippen molar-refractivity contribution in [1.82, 2.24) is 10.6 Å². The van der Waals surface area contributed by atoms with Crippen molar-refractivity contribution in [3.05, 3.63) is 0 Å². The first-order valence-electron chi connectivity index (χ1n) is 10.8. The lowest BCUT2D eigenvalue weighted by Gasteiger charge is -2.44. The smallest absolute Gasteiger partial charge is 0.315 e. The Labute approximate surface area is 145 Å². The Bertz CT molecular complexity index is 528. The molecule has 3 nitrogen and oxygen atoms in total. The molecular formula is C21H32N2O. The van der Waals surface area contributed by atoms with Gasteiger partial charge in [-0.05, 0) is 99.7 Å². The highest BCUT2D eigenvalue weighted by Gasteiger charge is 2.63. The molecule has 0 aromatic heterocycles. The lowest BCUT2D eigenvalue weighted by atomic mass is 9.74. The van der Waals surface area contributed by atoms with Gasteiger partial charge in [-0.1, -0.05) is 12.8 Å². The molecule has 6 rings (SSSR count). The average molecular weight is 329 g/mol. The molecule has 0 spiro atoms. The standard InChI is InChI=1S/C21H32N2O/c24-19(22-20-9-1-3-17(20)13-5-7-15(20)11-13)23-21-10-2-4-18(21)14-6-8-16(21)12-14/h13-18H,1-12H2,(H2,22,23,24)/t13-,14-,15+,16+,17+,18+,20+,21+/m0/s1. The molecule has 24 heavy (non-hydrogen) atoms. The molecule has 0 radical (unpaired) electrons. The topological polar surface area (TPSA) is 41.1 Å².